The van der Waals surface area contributed by atoms with Crippen LogP contribution in [0.15, 0.2) is 72.8 Å². The number of H-pyrrole nitrogens is 1. The van der Waals surface area contributed by atoms with Gasteiger partial charge in [0.15, 0.2) is 0 Å². The molecule has 2 amide bonds. The van der Waals surface area contributed by atoms with Crippen LogP contribution in [0.5, 0.6) is 0 Å². The van der Waals surface area contributed by atoms with Crippen molar-refractivity contribution in [2.75, 3.05) is 0 Å². The third-order valence-corrected chi connectivity index (χ3v) is 6.62. The van der Waals surface area contributed by atoms with Gasteiger partial charge in [-0.05, 0) is 46.9 Å². The maximum absolute atomic E-state index is 13.6. The van der Waals surface area contributed by atoms with Crippen LogP contribution in [-0.2, 0) is 29.1 Å². The van der Waals surface area contributed by atoms with Gasteiger partial charge in [0, 0.05) is 37.0 Å². The zero-order chi connectivity index (χ0) is 26.7. The van der Waals surface area contributed by atoms with E-state index in [1.54, 1.807) is 13.8 Å². The number of fused-ring (bicyclic) bond motifs is 1. The van der Waals surface area contributed by atoms with E-state index in [1.807, 2.05) is 77.7 Å². The Kier molecular flexibility index (Phi) is 7.02. The summed E-state index contributed by atoms with van der Waals surface area (Å²) >= 11 is 0. The maximum Gasteiger partial charge on any atom is 0.246 e. The molecule has 1 aliphatic rings. The number of nitrogens with one attached hydrogen (secondary N) is 2. The monoisotopic (exact) mass is 509 g/mol. The molecule has 0 bridgehead atoms. The number of benzene rings is 3. The molecule has 0 aliphatic carbocycles. The van der Waals surface area contributed by atoms with Crippen LogP contribution in [0.2, 0.25) is 0 Å². The fourth-order valence-electron chi connectivity index (χ4n) is 4.84. The van der Waals surface area contributed by atoms with E-state index in [9.17, 15) is 9.59 Å². The van der Waals surface area contributed by atoms with E-state index in [1.165, 1.54) is 0 Å². The quantitative estimate of drug-likeness (QED) is 0.351. The summed E-state index contributed by atoms with van der Waals surface area (Å²) in [6.45, 7) is 4.50. The standard InChI is InChI=1S/C29H31N7O2/c1-29(2,30)16-26(37)31-25-15-21-7-3-4-8-22(21)18-36(28(25)38)17-19-11-13-20(14-12-19)23-9-5-6-10-24(23)27-32-34-35-33-27/h3-14,25H,15-18,30H2,1-2H3,(H,31,37)(H,32,33,34,35)/t25-/m1/s1. The van der Waals surface area contributed by atoms with Crippen molar-refractivity contribution < 1.29 is 9.59 Å². The van der Waals surface area contributed by atoms with Crippen LogP contribution >= 0.6 is 0 Å². The molecule has 194 valence electrons. The van der Waals surface area contributed by atoms with Gasteiger partial charge in [-0.1, -0.05) is 72.8 Å². The van der Waals surface area contributed by atoms with E-state index in [2.05, 4.69) is 25.9 Å². The molecule has 0 unspecified atom stereocenters. The molecule has 0 saturated carbocycles. The maximum atomic E-state index is 13.6. The lowest BCUT2D eigenvalue weighted by atomic mass is 9.98. The second kappa shape index (κ2) is 10.5. The first-order valence-electron chi connectivity index (χ1n) is 12.6. The summed E-state index contributed by atoms with van der Waals surface area (Å²) in [5, 5.41) is 17.4. The van der Waals surface area contributed by atoms with Crippen LogP contribution in [0.4, 0.5) is 0 Å². The van der Waals surface area contributed by atoms with E-state index in [0.717, 1.165) is 33.4 Å². The summed E-state index contributed by atoms with van der Waals surface area (Å²) in [5.74, 6) is 0.209. The number of rotatable bonds is 7. The molecule has 9 nitrogen and oxygen atoms in total. The van der Waals surface area contributed by atoms with Crippen molar-refractivity contribution in [3.8, 4) is 22.5 Å². The second-order valence-corrected chi connectivity index (χ2v) is 10.4. The molecule has 3 aromatic carbocycles. The molecule has 1 aromatic heterocycles. The Morgan fingerprint density at radius 3 is 2.39 bits per heavy atom. The normalized spacial score (nSPS) is 15.6. The van der Waals surface area contributed by atoms with E-state index in [4.69, 9.17) is 5.73 Å². The van der Waals surface area contributed by atoms with Crippen molar-refractivity contribution in [3.63, 3.8) is 0 Å². The summed E-state index contributed by atoms with van der Waals surface area (Å²) in [6.07, 6.45) is 0.597. The Morgan fingerprint density at radius 1 is 1.03 bits per heavy atom. The zero-order valence-corrected chi connectivity index (χ0v) is 21.5. The predicted octanol–water partition coefficient (Wildman–Crippen LogP) is 3.23. The van der Waals surface area contributed by atoms with Crippen molar-refractivity contribution in [2.24, 2.45) is 5.73 Å². The lowest BCUT2D eigenvalue weighted by Crippen LogP contribution is -2.50. The molecule has 0 fully saturated rings. The van der Waals surface area contributed by atoms with Crippen LogP contribution in [0.3, 0.4) is 0 Å². The summed E-state index contributed by atoms with van der Waals surface area (Å²) in [4.78, 5) is 28.1. The largest absolute Gasteiger partial charge is 0.344 e. The molecule has 5 rings (SSSR count). The number of nitrogens with two attached hydrogens (primary N) is 1. The summed E-state index contributed by atoms with van der Waals surface area (Å²) in [5.41, 5.74) is 11.4. The average Bonchev–Trinajstić information content (AvgIpc) is 3.39. The van der Waals surface area contributed by atoms with Crippen molar-refractivity contribution >= 4 is 11.8 Å². The Labute approximate surface area is 221 Å². The van der Waals surface area contributed by atoms with Gasteiger partial charge >= 0.3 is 0 Å². The number of carbonyl (C=O) groups excluding carboxylic acids is 2. The highest BCUT2D eigenvalue weighted by Crippen LogP contribution is 2.30. The van der Waals surface area contributed by atoms with Crippen LogP contribution in [0, 0.1) is 0 Å². The topological polar surface area (TPSA) is 130 Å². The first kappa shape index (κ1) is 25.3. The summed E-state index contributed by atoms with van der Waals surface area (Å²) < 4.78 is 0. The van der Waals surface area contributed by atoms with Gasteiger partial charge in [0.05, 0.1) is 0 Å². The van der Waals surface area contributed by atoms with Crippen LogP contribution in [0.25, 0.3) is 22.5 Å². The molecular formula is C29H31N7O2. The third-order valence-electron chi connectivity index (χ3n) is 6.62. The van der Waals surface area contributed by atoms with Gasteiger partial charge in [-0.25, -0.2) is 0 Å². The SMILES string of the molecule is CC(C)(N)CC(=O)N[C@@H]1Cc2ccccc2CN(Cc2ccc(-c3ccccc3-c3nn[nH]n3)cc2)C1=O. The molecule has 0 saturated heterocycles. The zero-order valence-electron chi connectivity index (χ0n) is 21.5. The minimum absolute atomic E-state index is 0.101. The van der Waals surface area contributed by atoms with Gasteiger partial charge < -0.3 is 16.0 Å². The molecule has 0 radical (unpaired) electrons. The van der Waals surface area contributed by atoms with Gasteiger partial charge in [0.25, 0.3) is 0 Å². The highest BCUT2D eigenvalue weighted by atomic mass is 16.2. The van der Waals surface area contributed by atoms with Crippen molar-refractivity contribution in [1.29, 1.82) is 0 Å². The number of aromatic nitrogens is 4. The Morgan fingerprint density at radius 2 is 1.71 bits per heavy atom. The molecule has 4 aromatic rings. The molecule has 0 spiro atoms. The molecule has 4 N–H and O–H groups in total. The molecule has 38 heavy (non-hydrogen) atoms. The lowest BCUT2D eigenvalue weighted by Gasteiger charge is -2.26. The second-order valence-electron chi connectivity index (χ2n) is 10.4. The van der Waals surface area contributed by atoms with Gasteiger partial charge in [-0.2, -0.15) is 5.21 Å². The highest BCUT2D eigenvalue weighted by Gasteiger charge is 2.31. The smallest absolute Gasteiger partial charge is 0.246 e. The Hall–Kier alpha value is -4.37. The fraction of sp³-hybridized carbons (Fsp3) is 0.276. The first-order chi connectivity index (χ1) is 18.3. The van der Waals surface area contributed by atoms with Gasteiger partial charge in [-0.3, -0.25) is 9.59 Å². The minimum atomic E-state index is -0.653. The molecule has 1 aliphatic heterocycles. The fourth-order valence-corrected chi connectivity index (χ4v) is 4.84. The molecule has 9 heteroatoms. The number of aromatic amines is 1. The molecular weight excluding hydrogens is 478 g/mol. The number of amides is 2. The van der Waals surface area contributed by atoms with Crippen molar-refractivity contribution in [3.05, 3.63) is 89.5 Å². The van der Waals surface area contributed by atoms with E-state index >= 15 is 0 Å². The van der Waals surface area contributed by atoms with E-state index < -0.39 is 11.6 Å². The number of hydrogen-bond acceptors (Lipinski definition) is 6. The molecule has 1 atom stereocenters. The van der Waals surface area contributed by atoms with Gasteiger partial charge in [0.2, 0.25) is 17.6 Å². The number of tetrazole rings is 1. The van der Waals surface area contributed by atoms with Crippen LogP contribution in [0.1, 0.15) is 37.0 Å². The van der Waals surface area contributed by atoms with E-state index in [0.29, 0.717) is 25.3 Å². The van der Waals surface area contributed by atoms with Crippen LogP contribution < -0.4 is 11.1 Å². The summed E-state index contributed by atoms with van der Waals surface area (Å²) in [6, 6.07) is 23.4. The number of hydrogen-bond donors (Lipinski definition) is 3. The Balaban J connectivity index is 1.38. The van der Waals surface area contributed by atoms with Gasteiger partial charge in [0.1, 0.15) is 6.04 Å². The first-order valence-corrected chi connectivity index (χ1v) is 12.6. The number of nitrogens with zero attached hydrogens (tertiary/aromatic N) is 4. The number of carbonyl (C=O) groups is 2. The van der Waals surface area contributed by atoms with Crippen molar-refractivity contribution in [2.45, 2.75) is 51.4 Å². The van der Waals surface area contributed by atoms with Crippen LogP contribution in [-0.4, -0.2) is 48.9 Å². The summed E-state index contributed by atoms with van der Waals surface area (Å²) in [7, 11) is 0. The minimum Gasteiger partial charge on any atom is -0.344 e. The van der Waals surface area contributed by atoms with Gasteiger partial charge in [-0.15, -0.1) is 10.2 Å². The lowest BCUT2D eigenvalue weighted by molar-refractivity contribution is -0.137. The predicted molar refractivity (Wildman–Crippen MR) is 144 cm³/mol. The highest BCUT2D eigenvalue weighted by molar-refractivity contribution is 5.89. The third kappa shape index (κ3) is 5.78. The van der Waals surface area contributed by atoms with Crippen molar-refractivity contribution in [1.82, 2.24) is 30.8 Å². The van der Waals surface area contributed by atoms with E-state index in [-0.39, 0.29) is 18.2 Å². The average molecular weight is 510 g/mol. The molecule has 2 heterocycles. The Bertz CT molecular complexity index is 1430.